The Morgan fingerprint density at radius 2 is 2.00 bits per heavy atom. The lowest BCUT2D eigenvalue weighted by Gasteiger charge is -2.24. The number of nitrogens with zero attached hydrogens (tertiary/aromatic N) is 1. The quantitative estimate of drug-likeness (QED) is 0.870. The maximum Gasteiger partial charge on any atom is 0.246 e. The van der Waals surface area contributed by atoms with Crippen molar-refractivity contribution in [1.29, 1.82) is 0 Å². The summed E-state index contributed by atoms with van der Waals surface area (Å²) in [6.45, 7) is 6.10. The number of hydrogen-bond donors (Lipinski definition) is 1. The van der Waals surface area contributed by atoms with Crippen molar-refractivity contribution in [3.05, 3.63) is 29.6 Å². The SMILES string of the molecule is CCN(C(C)C)S(=O)(=O)c1ccc(CNC)cc1F. The Hall–Kier alpha value is -0.980. The molecule has 0 bridgehead atoms. The van der Waals surface area contributed by atoms with E-state index in [9.17, 15) is 12.8 Å². The zero-order valence-electron chi connectivity index (χ0n) is 11.8. The zero-order valence-corrected chi connectivity index (χ0v) is 12.6. The van der Waals surface area contributed by atoms with Crippen LogP contribution < -0.4 is 5.32 Å². The first-order chi connectivity index (χ1) is 8.84. The zero-order chi connectivity index (χ0) is 14.6. The van der Waals surface area contributed by atoms with Crippen molar-refractivity contribution in [2.75, 3.05) is 13.6 Å². The Morgan fingerprint density at radius 1 is 1.37 bits per heavy atom. The minimum Gasteiger partial charge on any atom is -0.316 e. The molecule has 0 saturated carbocycles. The fourth-order valence-corrected chi connectivity index (χ4v) is 3.70. The Labute approximate surface area is 114 Å². The molecular weight excluding hydrogens is 267 g/mol. The van der Waals surface area contributed by atoms with Crippen LogP contribution in [0.3, 0.4) is 0 Å². The summed E-state index contributed by atoms with van der Waals surface area (Å²) in [6.07, 6.45) is 0. The minimum absolute atomic E-state index is 0.202. The van der Waals surface area contributed by atoms with Gasteiger partial charge in [0.15, 0.2) is 0 Å². The lowest BCUT2D eigenvalue weighted by molar-refractivity contribution is 0.367. The van der Waals surface area contributed by atoms with E-state index in [4.69, 9.17) is 0 Å². The molecule has 1 aromatic rings. The highest BCUT2D eigenvalue weighted by molar-refractivity contribution is 7.89. The lowest BCUT2D eigenvalue weighted by Crippen LogP contribution is -2.37. The van der Waals surface area contributed by atoms with Gasteiger partial charge in [-0.25, -0.2) is 12.8 Å². The Balaban J connectivity index is 3.22. The molecule has 0 unspecified atom stereocenters. The summed E-state index contributed by atoms with van der Waals surface area (Å²) in [5.74, 6) is -0.702. The van der Waals surface area contributed by atoms with E-state index in [-0.39, 0.29) is 10.9 Å². The Kier molecular flexibility index (Phi) is 5.46. The third-order valence-electron chi connectivity index (χ3n) is 2.85. The van der Waals surface area contributed by atoms with Crippen molar-refractivity contribution in [2.45, 2.75) is 38.3 Å². The highest BCUT2D eigenvalue weighted by atomic mass is 32.2. The molecule has 0 aromatic heterocycles. The first-order valence-electron chi connectivity index (χ1n) is 6.29. The van der Waals surface area contributed by atoms with Crippen LogP contribution in [0.15, 0.2) is 23.1 Å². The van der Waals surface area contributed by atoms with E-state index in [2.05, 4.69) is 5.32 Å². The lowest BCUT2D eigenvalue weighted by atomic mass is 10.2. The largest absolute Gasteiger partial charge is 0.316 e. The molecule has 108 valence electrons. The predicted molar refractivity (Wildman–Crippen MR) is 73.9 cm³/mol. The summed E-state index contributed by atoms with van der Waals surface area (Å²) in [6, 6.07) is 4.02. The third-order valence-corrected chi connectivity index (χ3v) is 5.04. The van der Waals surface area contributed by atoms with Crippen LogP contribution in [0, 0.1) is 5.82 Å². The summed E-state index contributed by atoms with van der Waals surface area (Å²) < 4.78 is 40.0. The van der Waals surface area contributed by atoms with Crippen molar-refractivity contribution < 1.29 is 12.8 Å². The van der Waals surface area contributed by atoms with Gasteiger partial charge in [0.05, 0.1) is 0 Å². The first kappa shape index (κ1) is 16.1. The number of halogens is 1. The molecule has 0 radical (unpaired) electrons. The second kappa shape index (κ2) is 6.45. The average Bonchev–Trinajstić information content (AvgIpc) is 2.28. The van der Waals surface area contributed by atoms with E-state index in [1.807, 2.05) is 0 Å². The van der Waals surface area contributed by atoms with Crippen molar-refractivity contribution in [3.63, 3.8) is 0 Å². The highest BCUT2D eigenvalue weighted by Gasteiger charge is 2.28. The van der Waals surface area contributed by atoms with Crippen molar-refractivity contribution in [1.82, 2.24) is 9.62 Å². The van der Waals surface area contributed by atoms with Gasteiger partial charge in [0, 0.05) is 19.1 Å². The van der Waals surface area contributed by atoms with Gasteiger partial charge in [-0.2, -0.15) is 4.31 Å². The van der Waals surface area contributed by atoms with Gasteiger partial charge >= 0.3 is 0 Å². The highest BCUT2D eigenvalue weighted by Crippen LogP contribution is 2.22. The molecule has 0 amide bonds. The van der Waals surface area contributed by atoms with Gasteiger partial charge in [-0.1, -0.05) is 13.0 Å². The monoisotopic (exact) mass is 288 g/mol. The molecule has 4 nitrogen and oxygen atoms in total. The van der Waals surface area contributed by atoms with Gasteiger partial charge in [0.2, 0.25) is 10.0 Å². The van der Waals surface area contributed by atoms with Gasteiger partial charge in [0.25, 0.3) is 0 Å². The van der Waals surface area contributed by atoms with Gasteiger partial charge in [-0.15, -0.1) is 0 Å². The fourth-order valence-electron chi connectivity index (χ4n) is 2.01. The number of nitrogens with one attached hydrogen (secondary N) is 1. The molecule has 0 fully saturated rings. The van der Waals surface area contributed by atoms with Crippen molar-refractivity contribution in [2.24, 2.45) is 0 Å². The molecule has 6 heteroatoms. The van der Waals surface area contributed by atoms with E-state index in [0.717, 1.165) is 0 Å². The molecule has 0 atom stereocenters. The molecule has 1 N–H and O–H groups in total. The Morgan fingerprint density at radius 3 is 2.42 bits per heavy atom. The summed E-state index contributed by atoms with van der Waals surface area (Å²) in [5, 5.41) is 2.90. The fraction of sp³-hybridized carbons (Fsp3) is 0.538. The van der Waals surface area contributed by atoms with Crippen LogP contribution in [0.1, 0.15) is 26.3 Å². The number of hydrogen-bond acceptors (Lipinski definition) is 3. The molecule has 0 aliphatic carbocycles. The molecule has 0 aliphatic heterocycles. The van der Waals surface area contributed by atoms with E-state index < -0.39 is 15.8 Å². The standard InChI is InChI=1S/C13H21FN2O2S/c1-5-16(10(2)3)19(17,18)13-7-6-11(9-15-4)8-12(13)14/h6-8,10,15H,5,9H2,1-4H3. The third kappa shape index (κ3) is 3.52. The summed E-state index contributed by atoms with van der Waals surface area (Å²) in [4.78, 5) is -0.261. The van der Waals surface area contributed by atoms with E-state index in [0.29, 0.717) is 18.7 Å². The van der Waals surface area contributed by atoms with E-state index in [1.54, 1.807) is 33.9 Å². The number of sulfonamides is 1. The molecule has 0 spiro atoms. The first-order valence-corrected chi connectivity index (χ1v) is 7.73. The summed E-state index contributed by atoms with van der Waals surface area (Å²) in [5.41, 5.74) is 0.714. The topological polar surface area (TPSA) is 49.4 Å². The van der Waals surface area contributed by atoms with Gasteiger partial charge in [0.1, 0.15) is 10.7 Å². The summed E-state index contributed by atoms with van der Waals surface area (Å²) >= 11 is 0. The molecule has 0 heterocycles. The second-order valence-electron chi connectivity index (χ2n) is 4.60. The average molecular weight is 288 g/mol. The van der Waals surface area contributed by atoms with Crippen LogP contribution in [0.5, 0.6) is 0 Å². The van der Waals surface area contributed by atoms with Gasteiger partial charge in [-0.05, 0) is 38.6 Å². The second-order valence-corrected chi connectivity index (χ2v) is 6.46. The van der Waals surface area contributed by atoms with Crippen LogP contribution in [0.4, 0.5) is 4.39 Å². The van der Waals surface area contributed by atoms with E-state index >= 15 is 0 Å². The van der Waals surface area contributed by atoms with Gasteiger partial charge < -0.3 is 5.32 Å². The smallest absolute Gasteiger partial charge is 0.246 e. The molecule has 0 saturated heterocycles. The van der Waals surface area contributed by atoms with Crippen molar-refractivity contribution >= 4 is 10.0 Å². The van der Waals surface area contributed by atoms with Crippen LogP contribution in [0.25, 0.3) is 0 Å². The molecule has 1 aromatic carbocycles. The number of rotatable bonds is 6. The van der Waals surface area contributed by atoms with Crippen molar-refractivity contribution in [3.8, 4) is 0 Å². The summed E-state index contributed by atoms with van der Waals surface area (Å²) in [7, 11) is -2.02. The van der Waals surface area contributed by atoms with Crippen LogP contribution in [-0.2, 0) is 16.6 Å². The van der Waals surface area contributed by atoms with E-state index in [1.165, 1.54) is 16.4 Å². The molecule has 0 aliphatic rings. The van der Waals surface area contributed by atoms with Gasteiger partial charge in [-0.3, -0.25) is 0 Å². The molecule has 19 heavy (non-hydrogen) atoms. The molecular formula is C13H21FN2O2S. The van der Waals surface area contributed by atoms with Crippen LogP contribution in [-0.4, -0.2) is 32.4 Å². The minimum atomic E-state index is -3.77. The van der Waals surface area contributed by atoms with Crippen LogP contribution >= 0.6 is 0 Å². The van der Waals surface area contributed by atoms with Crippen LogP contribution in [0.2, 0.25) is 0 Å². The Bertz CT molecular complexity index is 529. The number of benzene rings is 1. The molecule has 1 rings (SSSR count). The normalized spacial score (nSPS) is 12.4. The maximum absolute atomic E-state index is 14.0. The maximum atomic E-state index is 14.0. The predicted octanol–water partition coefficient (Wildman–Crippen LogP) is 1.96.